The molecule has 0 aliphatic carbocycles. The van der Waals surface area contributed by atoms with Crippen molar-refractivity contribution in [1.82, 2.24) is 9.21 Å². The molecule has 3 aliphatic heterocycles. The van der Waals surface area contributed by atoms with Crippen molar-refractivity contribution < 1.29 is 12.8 Å². The Morgan fingerprint density at radius 2 is 2.12 bits per heavy atom. The summed E-state index contributed by atoms with van der Waals surface area (Å²) < 4.78 is 41.1. The minimum absolute atomic E-state index is 0.0568. The van der Waals surface area contributed by atoms with Crippen molar-refractivity contribution in [2.75, 3.05) is 31.3 Å². The molecule has 2 saturated heterocycles. The predicted octanol–water partition coefficient (Wildman–Crippen LogP) is 3.17. The van der Waals surface area contributed by atoms with Gasteiger partial charge in [0.1, 0.15) is 5.82 Å². The molecule has 3 aliphatic rings. The summed E-state index contributed by atoms with van der Waals surface area (Å²) in [5.41, 5.74) is 2.26. The molecule has 7 heteroatoms. The fourth-order valence-electron chi connectivity index (χ4n) is 5.08. The van der Waals surface area contributed by atoms with Crippen LogP contribution in [0.15, 0.2) is 18.2 Å². The van der Waals surface area contributed by atoms with Gasteiger partial charge >= 0.3 is 0 Å². The molecule has 0 aromatic heterocycles. The molecule has 1 aromatic rings. The third-order valence-corrected chi connectivity index (χ3v) is 8.51. The number of rotatable bonds is 4. The second kappa shape index (κ2) is 7.38. The van der Waals surface area contributed by atoms with Crippen LogP contribution in [-0.4, -0.2) is 54.9 Å². The van der Waals surface area contributed by atoms with Gasteiger partial charge in [-0.25, -0.2) is 12.8 Å². The Kier molecular flexibility index (Phi) is 5.30. The minimum atomic E-state index is -3.27. The summed E-state index contributed by atoms with van der Waals surface area (Å²) >= 11 is 5.72. The first kappa shape index (κ1) is 18.7. The van der Waals surface area contributed by atoms with E-state index in [0.717, 1.165) is 44.3 Å². The number of fused-ring (bicyclic) bond motifs is 4. The summed E-state index contributed by atoms with van der Waals surface area (Å²) in [6.45, 7) is 2.49. The number of alkyl halides is 1. The van der Waals surface area contributed by atoms with Crippen molar-refractivity contribution in [3.63, 3.8) is 0 Å². The van der Waals surface area contributed by atoms with Gasteiger partial charge in [0, 0.05) is 37.6 Å². The third kappa shape index (κ3) is 3.41. The van der Waals surface area contributed by atoms with Gasteiger partial charge in [-0.3, -0.25) is 4.90 Å². The highest BCUT2D eigenvalue weighted by Gasteiger charge is 2.45. The Labute approximate surface area is 160 Å². The van der Waals surface area contributed by atoms with E-state index in [2.05, 4.69) is 4.90 Å². The van der Waals surface area contributed by atoms with Gasteiger partial charge in [0.15, 0.2) is 0 Å². The van der Waals surface area contributed by atoms with E-state index in [0.29, 0.717) is 24.8 Å². The number of hydrogen-bond donors (Lipinski definition) is 0. The molecule has 0 saturated carbocycles. The average molecular weight is 401 g/mol. The van der Waals surface area contributed by atoms with Crippen LogP contribution in [0.3, 0.4) is 0 Å². The molecule has 3 atom stereocenters. The van der Waals surface area contributed by atoms with Crippen LogP contribution in [0.5, 0.6) is 0 Å². The first-order valence-corrected chi connectivity index (χ1v) is 11.7. The monoisotopic (exact) mass is 400 g/mol. The van der Waals surface area contributed by atoms with Crippen molar-refractivity contribution in [2.45, 2.75) is 44.2 Å². The van der Waals surface area contributed by atoms with Gasteiger partial charge in [0.05, 0.1) is 5.75 Å². The van der Waals surface area contributed by atoms with Gasteiger partial charge in [-0.05, 0) is 61.3 Å². The van der Waals surface area contributed by atoms with E-state index in [9.17, 15) is 12.8 Å². The topological polar surface area (TPSA) is 40.6 Å². The first-order valence-electron chi connectivity index (χ1n) is 9.57. The van der Waals surface area contributed by atoms with Crippen molar-refractivity contribution in [1.29, 1.82) is 0 Å². The quantitative estimate of drug-likeness (QED) is 0.729. The summed E-state index contributed by atoms with van der Waals surface area (Å²) in [5, 5.41) is 0. The number of nitrogens with zero attached hydrogens (tertiary/aromatic N) is 2. The molecule has 4 rings (SSSR count). The van der Waals surface area contributed by atoms with Crippen LogP contribution in [0.2, 0.25) is 0 Å². The van der Waals surface area contributed by atoms with E-state index in [1.807, 2.05) is 6.07 Å². The summed E-state index contributed by atoms with van der Waals surface area (Å²) in [6.07, 6.45) is 4.20. The zero-order valence-electron chi connectivity index (χ0n) is 14.9. The molecular formula is C19H26ClFN2O2S. The molecule has 26 heavy (non-hydrogen) atoms. The molecule has 0 amide bonds. The Bertz CT molecular complexity index is 773. The number of halogens is 2. The second-order valence-corrected chi connectivity index (χ2v) is 10.2. The number of sulfonamides is 1. The molecule has 0 radical (unpaired) electrons. The normalized spacial score (nSPS) is 29.7. The average Bonchev–Trinajstić information content (AvgIpc) is 2.64. The van der Waals surface area contributed by atoms with E-state index in [-0.39, 0.29) is 23.7 Å². The lowest BCUT2D eigenvalue weighted by Gasteiger charge is -2.51. The Balaban J connectivity index is 1.61. The number of piperidine rings is 2. The molecule has 2 fully saturated rings. The summed E-state index contributed by atoms with van der Waals surface area (Å²) in [6, 6.07) is 5.33. The van der Waals surface area contributed by atoms with Crippen molar-refractivity contribution >= 4 is 21.6 Å². The molecular weight excluding hydrogens is 375 g/mol. The lowest BCUT2D eigenvalue weighted by atomic mass is 9.77. The van der Waals surface area contributed by atoms with Crippen LogP contribution in [0.25, 0.3) is 0 Å². The smallest absolute Gasteiger partial charge is 0.214 e. The van der Waals surface area contributed by atoms with Crippen molar-refractivity contribution in [3.05, 3.63) is 35.1 Å². The highest BCUT2D eigenvalue weighted by Crippen LogP contribution is 2.43. The van der Waals surface area contributed by atoms with Crippen molar-refractivity contribution in [3.8, 4) is 0 Å². The van der Waals surface area contributed by atoms with E-state index in [4.69, 9.17) is 11.6 Å². The molecule has 0 unspecified atom stereocenters. The summed E-state index contributed by atoms with van der Waals surface area (Å²) in [4.78, 5) is 2.48. The zero-order chi connectivity index (χ0) is 18.3. The van der Waals surface area contributed by atoms with Crippen LogP contribution in [0.1, 0.15) is 42.9 Å². The maximum absolute atomic E-state index is 13.6. The van der Waals surface area contributed by atoms with Gasteiger partial charge in [0.2, 0.25) is 10.0 Å². The lowest BCUT2D eigenvalue weighted by molar-refractivity contribution is 0.0219. The summed E-state index contributed by atoms with van der Waals surface area (Å²) in [5.74, 6) is 0.716. The van der Waals surface area contributed by atoms with Gasteiger partial charge in [0.25, 0.3) is 0 Å². The van der Waals surface area contributed by atoms with Gasteiger partial charge in [-0.15, -0.1) is 11.6 Å². The maximum Gasteiger partial charge on any atom is 0.214 e. The highest BCUT2D eigenvalue weighted by molar-refractivity contribution is 7.89. The fourth-order valence-corrected chi connectivity index (χ4v) is 7.20. The van der Waals surface area contributed by atoms with Crippen LogP contribution in [-0.2, 0) is 16.4 Å². The summed E-state index contributed by atoms with van der Waals surface area (Å²) in [7, 11) is -3.27. The predicted molar refractivity (Wildman–Crippen MR) is 101 cm³/mol. The molecule has 4 nitrogen and oxygen atoms in total. The van der Waals surface area contributed by atoms with Crippen LogP contribution in [0, 0.1) is 11.7 Å². The van der Waals surface area contributed by atoms with Crippen LogP contribution in [0.4, 0.5) is 4.39 Å². The van der Waals surface area contributed by atoms with E-state index in [1.165, 1.54) is 11.6 Å². The number of benzene rings is 1. The van der Waals surface area contributed by atoms with Gasteiger partial charge in [-0.2, -0.15) is 4.31 Å². The molecule has 0 bridgehead atoms. The van der Waals surface area contributed by atoms with Crippen LogP contribution < -0.4 is 0 Å². The Hall–Kier alpha value is -0.690. The molecule has 0 spiro atoms. The highest BCUT2D eigenvalue weighted by atomic mass is 35.5. The fraction of sp³-hybridized carbons (Fsp3) is 0.684. The SMILES string of the molecule is O=S(=O)(CCCCl)N1CCC[C@@H]2CN3CCc4cc(F)ccc4[C@@H]3C[C@@H]21. The maximum atomic E-state index is 13.6. The first-order chi connectivity index (χ1) is 12.5. The molecule has 144 valence electrons. The standard InChI is InChI=1S/C19H26ClFN2O2S/c20-7-2-10-26(24,25)23-8-1-3-15-13-22-9-6-14-11-16(21)4-5-17(14)19(22)12-18(15)23/h4-5,11,15,18-19H,1-3,6-10,12-13H2/t15-,18+,19+/m1/s1. The van der Waals surface area contributed by atoms with E-state index < -0.39 is 10.0 Å². The molecule has 0 N–H and O–H groups in total. The molecule has 3 heterocycles. The largest absolute Gasteiger partial charge is 0.296 e. The zero-order valence-corrected chi connectivity index (χ0v) is 16.5. The van der Waals surface area contributed by atoms with Gasteiger partial charge < -0.3 is 0 Å². The van der Waals surface area contributed by atoms with E-state index in [1.54, 1.807) is 10.4 Å². The Morgan fingerprint density at radius 3 is 2.92 bits per heavy atom. The molecule has 1 aromatic carbocycles. The number of hydrogen-bond acceptors (Lipinski definition) is 3. The second-order valence-electron chi connectivity index (χ2n) is 7.78. The van der Waals surface area contributed by atoms with Crippen LogP contribution >= 0.6 is 11.6 Å². The van der Waals surface area contributed by atoms with E-state index >= 15 is 0 Å². The Morgan fingerprint density at radius 1 is 1.27 bits per heavy atom. The van der Waals surface area contributed by atoms with Gasteiger partial charge in [-0.1, -0.05) is 6.07 Å². The minimum Gasteiger partial charge on any atom is -0.296 e. The third-order valence-electron chi connectivity index (χ3n) is 6.27. The lowest BCUT2D eigenvalue weighted by Crippen LogP contribution is -2.57. The van der Waals surface area contributed by atoms with Crippen molar-refractivity contribution in [2.24, 2.45) is 5.92 Å².